The number of likely N-dealkylation sites (tertiary alicyclic amines) is 1. The Bertz CT molecular complexity index is 1130. The van der Waals surface area contributed by atoms with E-state index in [1.807, 2.05) is 33.7 Å². The zero-order valence-electron chi connectivity index (χ0n) is 19.2. The summed E-state index contributed by atoms with van der Waals surface area (Å²) in [6.07, 6.45) is 3.82. The molecule has 2 aromatic carbocycles. The van der Waals surface area contributed by atoms with Gasteiger partial charge in [-0.2, -0.15) is 0 Å². The second kappa shape index (κ2) is 10.4. The fraction of sp³-hybridized carbons (Fsp3) is 0.400. The van der Waals surface area contributed by atoms with Gasteiger partial charge >= 0.3 is 0 Å². The lowest BCUT2D eigenvalue weighted by molar-refractivity contribution is -0.132. The summed E-state index contributed by atoms with van der Waals surface area (Å²) in [5, 5.41) is 2.94. The maximum Gasteiger partial charge on any atom is 0.251 e. The van der Waals surface area contributed by atoms with Crippen molar-refractivity contribution < 1.29 is 19.1 Å². The van der Waals surface area contributed by atoms with Crippen LogP contribution in [-0.2, 0) is 17.8 Å². The number of aromatic nitrogens is 2. The average molecular weight is 451 g/mol. The molecule has 174 valence electrons. The zero-order valence-corrected chi connectivity index (χ0v) is 19.2. The monoisotopic (exact) mass is 450 g/mol. The molecule has 8 nitrogen and oxygen atoms in total. The van der Waals surface area contributed by atoms with E-state index < -0.39 is 0 Å². The number of nitrogens with one attached hydrogen (secondary N) is 1. The maximum atomic E-state index is 12.9. The Morgan fingerprint density at radius 1 is 1.00 bits per heavy atom. The summed E-state index contributed by atoms with van der Waals surface area (Å²) < 4.78 is 12.5. The Labute approximate surface area is 193 Å². The summed E-state index contributed by atoms with van der Waals surface area (Å²) in [6.45, 7) is 2.30. The molecule has 0 unspecified atom stereocenters. The summed E-state index contributed by atoms with van der Waals surface area (Å²) >= 11 is 0. The molecule has 3 aromatic rings. The van der Waals surface area contributed by atoms with Crippen LogP contribution in [-0.4, -0.2) is 60.1 Å². The number of benzene rings is 2. The Morgan fingerprint density at radius 3 is 2.52 bits per heavy atom. The molecule has 0 bridgehead atoms. The van der Waals surface area contributed by atoms with Gasteiger partial charge in [0.25, 0.3) is 5.91 Å². The highest BCUT2D eigenvalue weighted by atomic mass is 16.5. The van der Waals surface area contributed by atoms with Gasteiger partial charge in [0.05, 0.1) is 25.3 Å². The van der Waals surface area contributed by atoms with E-state index in [1.165, 1.54) is 13.5 Å². The molecule has 8 heteroatoms. The molecule has 1 N–H and O–H groups in total. The Morgan fingerprint density at radius 2 is 1.76 bits per heavy atom. The van der Waals surface area contributed by atoms with Gasteiger partial charge in [0.2, 0.25) is 5.91 Å². The molecule has 1 saturated heterocycles. The summed E-state index contributed by atoms with van der Waals surface area (Å²) in [4.78, 5) is 32.3. The number of para-hydroxylation sites is 2. The standard InChI is InChI=1S/C25H30N4O4/c1-32-21-11-10-18(16-22(21)33-2)25(31)26-13-12-23-27-19-8-4-5-9-20(19)29(23)17-24(30)28-14-6-3-7-15-28/h4-5,8-11,16H,3,6-7,12-15,17H2,1-2H3,(H,26,31). The van der Waals surface area contributed by atoms with Gasteiger partial charge in [-0.3, -0.25) is 9.59 Å². The average Bonchev–Trinajstić information content (AvgIpc) is 3.21. The van der Waals surface area contributed by atoms with Crippen molar-refractivity contribution in [2.45, 2.75) is 32.2 Å². The largest absolute Gasteiger partial charge is 0.493 e. The second-order valence-corrected chi connectivity index (χ2v) is 8.12. The molecule has 1 aliphatic heterocycles. The van der Waals surface area contributed by atoms with Crippen LogP contribution in [0.25, 0.3) is 11.0 Å². The third-order valence-corrected chi connectivity index (χ3v) is 6.02. The van der Waals surface area contributed by atoms with Crippen LogP contribution in [0.5, 0.6) is 11.5 Å². The second-order valence-electron chi connectivity index (χ2n) is 8.12. The predicted molar refractivity (Wildman–Crippen MR) is 126 cm³/mol. The van der Waals surface area contributed by atoms with Crippen LogP contribution < -0.4 is 14.8 Å². The van der Waals surface area contributed by atoms with Gasteiger partial charge in [-0.05, 0) is 49.6 Å². The Hall–Kier alpha value is -3.55. The van der Waals surface area contributed by atoms with E-state index in [0.717, 1.165) is 42.8 Å². The van der Waals surface area contributed by atoms with Crippen molar-refractivity contribution in [2.75, 3.05) is 33.9 Å². The topological polar surface area (TPSA) is 85.7 Å². The molecule has 0 spiro atoms. The zero-order chi connectivity index (χ0) is 23.2. The first kappa shape index (κ1) is 22.6. The first-order chi connectivity index (χ1) is 16.1. The minimum atomic E-state index is -0.206. The lowest BCUT2D eigenvalue weighted by atomic mass is 10.1. The van der Waals surface area contributed by atoms with Gasteiger partial charge in [-0.25, -0.2) is 4.98 Å². The summed E-state index contributed by atoms with van der Waals surface area (Å²) in [7, 11) is 3.09. The van der Waals surface area contributed by atoms with Crippen molar-refractivity contribution in [3.05, 3.63) is 53.9 Å². The molecule has 2 amide bonds. The summed E-state index contributed by atoms with van der Waals surface area (Å²) in [5.41, 5.74) is 2.27. The molecule has 0 atom stereocenters. The van der Waals surface area contributed by atoms with Crippen LogP contribution in [0.15, 0.2) is 42.5 Å². The third kappa shape index (κ3) is 5.10. The van der Waals surface area contributed by atoms with Gasteiger partial charge in [-0.15, -0.1) is 0 Å². The van der Waals surface area contributed by atoms with Gasteiger partial charge in [0.1, 0.15) is 12.4 Å². The van der Waals surface area contributed by atoms with E-state index in [2.05, 4.69) is 5.32 Å². The van der Waals surface area contributed by atoms with Crippen LogP contribution in [0.4, 0.5) is 0 Å². The fourth-order valence-corrected chi connectivity index (χ4v) is 4.24. The Kier molecular flexibility index (Phi) is 7.12. The molecule has 0 aliphatic carbocycles. The van der Waals surface area contributed by atoms with Gasteiger partial charge < -0.3 is 24.3 Å². The number of piperidine rings is 1. The molecule has 1 aromatic heterocycles. The number of rotatable bonds is 8. The highest BCUT2D eigenvalue weighted by Gasteiger charge is 2.20. The van der Waals surface area contributed by atoms with E-state index in [0.29, 0.717) is 30.0 Å². The van der Waals surface area contributed by atoms with Crippen LogP contribution in [0.2, 0.25) is 0 Å². The van der Waals surface area contributed by atoms with Crippen LogP contribution >= 0.6 is 0 Å². The van der Waals surface area contributed by atoms with Crippen molar-refractivity contribution in [1.82, 2.24) is 19.8 Å². The van der Waals surface area contributed by atoms with E-state index in [4.69, 9.17) is 14.5 Å². The lowest BCUT2D eigenvalue weighted by Crippen LogP contribution is -2.38. The number of hydrogen-bond acceptors (Lipinski definition) is 5. The van der Waals surface area contributed by atoms with Crippen LogP contribution in [0, 0.1) is 0 Å². The minimum absolute atomic E-state index is 0.119. The number of carbonyl (C=O) groups excluding carboxylic acids is 2. The first-order valence-electron chi connectivity index (χ1n) is 11.3. The normalized spacial score (nSPS) is 13.7. The number of amides is 2. The molecule has 1 fully saturated rings. The van der Waals surface area contributed by atoms with E-state index in [1.54, 1.807) is 25.3 Å². The predicted octanol–water partition coefficient (Wildman–Crippen LogP) is 3.04. The molecule has 33 heavy (non-hydrogen) atoms. The van der Waals surface area contributed by atoms with Crippen molar-refractivity contribution in [3.8, 4) is 11.5 Å². The van der Waals surface area contributed by atoms with Crippen molar-refractivity contribution in [1.29, 1.82) is 0 Å². The maximum absolute atomic E-state index is 12.9. The first-order valence-corrected chi connectivity index (χ1v) is 11.3. The van der Waals surface area contributed by atoms with Crippen molar-refractivity contribution >= 4 is 22.8 Å². The van der Waals surface area contributed by atoms with Crippen LogP contribution in [0.1, 0.15) is 35.4 Å². The third-order valence-electron chi connectivity index (χ3n) is 6.02. The van der Waals surface area contributed by atoms with Gasteiger partial charge in [0.15, 0.2) is 11.5 Å². The molecule has 0 radical (unpaired) electrons. The SMILES string of the molecule is COc1ccc(C(=O)NCCc2nc3ccccc3n2CC(=O)N2CCCCC2)cc1OC. The highest BCUT2D eigenvalue weighted by molar-refractivity contribution is 5.94. The summed E-state index contributed by atoms with van der Waals surface area (Å²) in [6, 6.07) is 12.9. The van der Waals surface area contributed by atoms with Crippen molar-refractivity contribution in [2.24, 2.45) is 0 Å². The van der Waals surface area contributed by atoms with Gasteiger partial charge in [-0.1, -0.05) is 12.1 Å². The van der Waals surface area contributed by atoms with E-state index >= 15 is 0 Å². The van der Waals surface area contributed by atoms with Gasteiger partial charge in [0, 0.05) is 31.6 Å². The van der Waals surface area contributed by atoms with E-state index in [9.17, 15) is 9.59 Å². The number of imidazole rings is 1. The van der Waals surface area contributed by atoms with E-state index in [-0.39, 0.29) is 18.4 Å². The highest BCUT2D eigenvalue weighted by Crippen LogP contribution is 2.27. The molecular weight excluding hydrogens is 420 g/mol. The molecule has 4 rings (SSSR count). The minimum Gasteiger partial charge on any atom is -0.493 e. The molecule has 1 aliphatic rings. The number of nitrogens with zero attached hydrogens (tertiary/aromatic N) is 3. The molecule has 2 heterocycles. The summed E-state index contributed by atoms with van der Waals surface area (Å²) in [5.74, 6) is 1.77. The molecule has 0 saturated carbocycles. The van der Waals surface area contributed by atoms with Crippen molar-refractivity contribution in [3.63, 3.8) is 0 Å². The number of carbonyl (C=O) groups is 2. The number of ether oxygens (including phenoxy) is 2. The molecular formula is C25H30N4O4. The number of methoxy groups -OCH3 is 2. The smallest absolute Gasteiger partial charge is 0.251 e. The quantitative estimate of drug-likeness (QED) is 0.570. The fourth-order valence-electron chi connectivity index (χ4n) is 4.24. The Balaban J connectivity index is 1.45. The lowest BCUT2D eigenvalue weighted by Gasteiger charge is -2.27. The number of fused-ring (bicyclic) bond motifs is 1. The number of hydrogen-bond donors (Lipinski definition) is 1. The van der Waals surface area contributed by atoms with Crippen LogP contribution in [0.3, 0.4) is 0 Å².